The number of aromatic nitrogens is 1. The Hall–Kier alpha value is -2.22. The van der Waals surface area contributed by atoms with E-state index < -0.39 is 0 Å². The van der Waals surface area contributed by atoms with E-state index in [2.05, 4.69) is 48.3 Å². The van der Waals surface area contributed by atoms with E-state index in [1.807, 2.05) is 12.3 Å². The van der Waals surface area contributed by atoms with Crippen LogP contribution in [0, 0.1) is 6.92 Å². The number of aromatic amines is 1. The molecule has 0 saturated heterocycles. The lowest BCUT2D eigenvalue weighted by Crippen LogP contribution is -1.83. The highest BCUT2D eigenvalue weighted by atomic mass is 16.5. The molecular formula is C16H15NO. The summed E-state index contributed by atoms with van der Waals surface area (Å²) in [4.78, 5) is 3.28. The van der Waals surface area contributed by atoms with Gasteiger partial charge >= 0.3 is 0 Å². The van der Waals surface area contributed by atoms with Crippen LogP contribution in [-0.4, -0.2) is 12.1 Å². The maximum absolute atomic E-state index is 5.23. The molecule has 0 aliphatic carbocycles. The van der Waals surface area contributed by atoms with Gasteiger partial charge in [-0.15, -0.1) is 0 Å². The van der Waals surface area contributed by atoms with Crippen molar-refractivity contribution >= 4 is 10.8 Å². The first-order valence-corrected chi connectivity index (χ1v) is 5.99. The number of H-pyrrole nitrogens is 1. The molecular weight excluding hydrogens is 222 g/mol. The fourth-order valence-corrected chi connectivity index (χ4v) is 2.19. The van der Waals surface area contributed by atoms with Crippen LogP contribution in [0.1, 0.15) is 5.56 Å². The molecule has 1 aromatic heterocycles. The number of methoxy groups -OCH3 is 1. The molecule has 90 valence electrons. The lowest BCUT2D eigenvalue weighted by Gasteiger charge is -2.04. The van der Waals surface area contributed by atoms with Crippen LogP contribution in [-0.2, 0) is 0 Å². The second kappa shape index (κ2) is 4.22. The summed E-state index contributed by atoms with van der Waals surface area (Å²) in [6.07, 6.45) is 2.02. The second-order valence-corrected chi connectivity index (χ2v) is 4.52. The van der Waals surface area contributed by atoms with Crippen molar-refractivity contribution in [2.75, 3.05) is 7.11 Å². The third kappa shape index (κ3) is 1.86. The molecule has 1 N–H and O–H groups in total. The van der Waals surface area contributed by atoms with Crippen molar-refractivity contribution in [2.24, 2.45) is 0 Å². The number of rotatable bonds is 2. The van der Waals surface area contributed by atoms with Crippen LogP contribution in [0.2, 0.25) is 0 Å². The van der Waals surface area contributed by atoms with Crippen molar-refractivity contribution in [2.45, 2.75) is 6.92 Å². The molecule has 0 aliphatic rings. The largest absolute Gasteiger partial charge is 0.497 e. The van der Waals surface area contributed by atoms with Crippen molar-refractivity contribution in [3.8, 4) is 17.0 Å². The molecule has 1 heterocycles. The van der Waals surface area contributed by atoms with Crippen molar-refractivity contribution in [3.05, 3.63) is 54.2 Å². The van der Waals surface area contributed by atoms with E-state index in [4.69, 9.17) is 4.74 Å². The molecule has 0 fully saturated rings. The van der Waals surface area contributed by atoms with E-state index in [9.17, 15) is 0 Å². The number of aryl methyl sites for hydroxylation is 1. The lowest BCUT2D eigenvalue weighted by molar-refractivity contribution is 0.415. The minimum atomic E-state index is 0.894. The summed E-state index contributed by atoms with van der Waals surface area (Å²) < 4.78 is 5.23. The molecule has 0 amide bonds. The van der Waals surface area contributed by atoms with Gasteiger partial charge in [0, 0.05) is 11.9 Å². The molecule has 0 bridgehead atoms. The summed E-state index contributed by atoms with van der Waals surface area (Å²) >= 11 is 0. The molecule has 0 unspecified atom stereocenters. The number of nitrogens with one attached hydrogen (secondary N) is 1. The first kappa shape index (κ1) is 10.9. The Morgan fingerprint density at radius 3 is 2.44 bits per heavy atom. The fraction of sp³-hybridized carbons (Fsp3) is 0.125. The highest BCUT2D eigenvalue weighted by molar-refractivity contribution is 5.88. The Bertz CT molecular complexity index is 697. The Kier molecular flexibility index (Phi) is 2.56. The molecule has 18 heavy (non-hydrogen) atoms. The molecule has 2 nitrogen and oxygen atoms in total. The van der Waals surface area contributed by atoms with Gasteiger partial charge < -0.3 is 9.72 Å². The van der Waals surface area contributed by atoms with E-state index in [1.54, 1.807) is 7.11 Å². The predicted octanol–water partition coefficient (Wildman–Crippen LogP) is 4.15. The van der Waals surface area contributed by atoms with Crippen LogP contribution >= 0.6 is 0 Å². The van der Waals surface area contributed by atoms with Gasteiger partial charge in [-0.25, -0.2) is 0 Å². The number of hydrogen-bond acceptors (Lipinski definition) is 1. The van der Waals surface area contributed by atoms with Gasteiger partial charge in [0.05, 0.1) is 7.11 Å². The summed E-state index contributed by atoms with van der Waals surface area (Å²) in [5, 5.41) is 2.42. The zero-order valence-corrected chi connectivity index (χ0v) is 10.5. The number of fused-ring (bicyclic) bond motifs is 1. The van der Waals surface area contributed by atoms with Crippen LogP contribution in [0.5, 0.6) is 5.75 Å². The van der Waals surface area contributed by atoms with Crippen molar-refractivity contribution in [1.29, 1.82) is 0 Å². The maximum Gasteiger partial charge on any atom is 0.119 e. The zero-order chi connectivity index (χ0) is 12.5. The highest BCUT2D eigenvalue weighted by Crippen LogP contribution is 2.26. The molecule has 2 heteroatoms. The molecule has 3 aromatic rings. The maximum atomic E-state index is 5.23. The number of benzene rings is 2. The van der Waals surface area contributed by atoms with Gasteiger partial charge in [-0.3, -0.25) is 0 Å². The first-order chi connectivity index (χ1) is 8.76. The molecule has 2 aromatic carbocycles. The fourth-order valence-electron chi connectivity index (χ4n) is 2.19. The standard InChI is InChI=1S/C16H15NO/c1-11-7-16(17-10-11)14-4-3-13-9-15(18-2)6-5-12(13)8-14/h3-10,17H,1-2H3. The van der Waals surface area contributed by atoms with Gasteiger partial charge in [-0.2, -0.15) is 0 Å². The zero-order valence-electron chi connectivity index (χ0n) is 10.5. The van der Waals surface area contributed by atoms with Gasteiger partial charge in [0.1, 0.15) is 5.75 Å². The normalized spacial score (nSPS) is 10.8. The van der Waals surface area contributed by atoms with E-state index >= 15 is 0 Å². The van der Waals surface area contributed by atoms with Gasteiger partial charge in [0.25, 0.3) is 0 Å². The Morgan fingerprint density at radius 1 is 0.944 bits per heavy atom. The monoisotopic (exact) mass is 237 g/mol. The lowest BCUT2D eigenvalue weighted by atomic mass is 10.0. The average Bonchev–Trinajstić information content (AvgIpc) is 2.84. The van der Waals surface area contributed by atoms with Gasteiger partial charge in [0.2, 0.25) is 0 Å². The number of ether oxygens (including phenoxy) is 1. The average molecular weight is 237 g/mol. The molecule has 0 spiro atoms. The van der Waals surface area contributed by atoms with E-state index in [1.165, 1.54) is 21.9 Å². The molecule has 3 rings (SSSR count). The third-order valence-electron chi connectivity index (χ3n) is 3.19. The minimum absolute atomic E-state index is 0.894. The summed E-state index contributed by atoms with van der Waals surface area (Å²) in [5.41, 5.74) is 3.62. The van der Waals surface area contributed by atoms with Gasteiger partial charge in [0.15, 0.2) is 0 Å². The molecule has 0 aliphatic heterocycles. The minimum Gasteiger partial charge on any atom is -0.497 e. The molecule has 0 atom stereocenters. The van der Waals surface area contributed by atoms with Crippen LogP contribution in [0.3, 0.4) is 0 Å². The van der Waals surface area contributed by atoms with Crippen molar-refractivity contribution in [1.82, 2.24) is 4.98 Å². The Balaban J connectivity index is 2.11. The quantitative estimate of drug-likeness (QED) is 0.711. The first-order valence-electron chi connectivity index (χ1n) is 5.99. The van der Waals surface area contributed by atoms with Crippen molar-refractivity contribution < 1.29 is 4.74 Å². The summed E-state index contributed by atoms with van der Waals surface area (Å²) in [6.45, 7) is 2.09. The van der Waals surface area contributed by atoms with E-state index in [0.717, 1.165) is 11.4 Å². The molecule has 0 saturated carbocycles. The SMILES string of the molecule is COc1ccc2cc(-c3cc(C)c[nH]3)ccc2c1. The Morgan fingerprint density at radius 2 is 1.72 bits per heavy atom. The van der Waals surface area contributed by atoms with Gasteiger partial charge in [-0.1, -0.05) is 18.2 Å². The van der Waals surface area contributed by atoms with Crippen LogP contribution in [0.15, 0.2) is 48.7 Å². The summed E-state index contributed by atoms with van der Waals surface area (Å²) in [6, 6.07) is 14.7. The third-order valence-corrected chi connectivity index (χ3v) is 3.19. The van der Waals surface area contributed by atoms with Gasteiger partial charge in [-0.05, 0) is 53.1 Å². The predicted molar refractivity (Wildman–Crippen MR) is 75.0 cm³/mol. The second-order valence-electron chi connectivity index (χ2n) is 4.52. The summed E-state index contributed by atoms with van der Waals surface area (Å²) in [5.74, 6) is 0.894. The molecule has 0 radical (unpaired) electrons. The topological polar surface area (TPSA) is 25.0 Å². The smallest absolute Gasteiger partial charge is 0.119 e. The van der Waals surface area contributed by atoms with Crippen LogP contribution < -0.4 is 4.74 Å². The van der Waals surface area contributed by atoms with Crippen LogP contribution in [0.25, 0.3) is 22.0 Å². The van der Waals surface area contributed by atoms with Crippen molar-refractivity contribution in [3.63, 3.8) is 0 Å². The summed E-state index contributed by atoms with van der Waals surface area (Å²) in [7, 11) is 1.69. The highest BCUT2D eigenvalue weighted by Gasteiger charge is 2.02. The van der Waals surface area contributed by atoms with E-state index in [-0.39, 0.29) is 0 Å². The number of hydrogen-bond donors (Lipinski definition) is 1. The van der Waals surface area contributed by atoms with E-state index in [0.29, 0.717) is 0 Å². The Labute approximate surface area is 106 Å². The van der Waals surface area contributed by atoms with Crippen LogP contribution in [0.4, 0.5) is 0 Å².